The first-order valence-electron chi connectivity index (χ1n) is 6.02. The van der Waals surface area contributed by atoms with Crippen LogP contribution in [0.25, 0.3) is 0 Å². The summed E-state index contributed by atoms with van der Waals surface area (Å²) in [4.78, 5) is 4.33. The Labute approximate surface area is 127 Å². The molecule has 2 aromatic rings. The lowest BCUT2D eigenvalue weighted by molar-refractivity contribution is 0.600. The van der Waals surface area contributed by atoms with E-state index in [1.807, 2.05) is 19.9 Å². The van der Waals surface area contributed by atoms with Crippen LogP contribution in [0.5, 0.6) is 0 Å². The van der Waals surface area contributed by atoms with Crippen LogP contribution in [-0.2, 0) is 10.0 Å². The number of aryl methyl sites for hydroxylation is 3. The van der Waals surface area contributed by atoms with Gasteiger partial charge in [-0.05, 0) is 60.0 Å². The first-order chi connectivity index (χ1) is 9.29. The summed E-state index contributed by atoms with van der Waals surface area (Å²) in [6.07, 6.45) is 1.58. The molecule has 6 heteroatoms. The van der Waals surface area contributed by atoms with E-state index < -0.39 is 10.0 Å². The van der Waals surface area contributed by atoms with Gasteiger partial charge in [0.25, 0.3) is 10.0 Å². The zero-order valence-electron chi connectivity index (χ0n) is 11.4. The molecule has 1 aromatic heterocycles. The van der Waals surface area contributed by atoms with Crippen LogP contribution in [0, 0.1) is 20.8 Å². The molecule has 0 bridgehead atoms. The van der Waals surface area contributed by atoms with Crippen molar-refractivity contribution in [3.63, 3.8) is 0 Å². The van der Waals surface area contributed by atoms with Crippen molar-refractivity contribution >= 4 is 31.8 Å². The summed E-state index contributed by atoms with van der Waals surface area (Å²) < 4.78 is 28.1. The maximum Gasteiger partial charge on any atom is 0.263 e. The Morgan fingerprint density at radius 2 is 1.80 bits per heavy atom. The molecule has 0 unspecified atom stereocenters. The maximum atomic E-state index is 12.4. The Balaban J connectivity index is 2.38. The van der Waals surface area contributed by atoms with Gasteiger partial charge in [-0.3, -0.25) is 4.72 Å². The molecule has 0 saturated carbocycles. The predicted molar refractivity (Wildman–Crippen MR) is 83.4 cm³/mol. The molecule has 106 valence electrons. The van der Waals surface area contributed by atoms with E-state index in [0.29, 0.717) is 11.4 Å². The Morgan fingerprint density at radius 3 is 2.40 bits per heavy atom. The first kappa shape index (κ1) is 15.0. The highest BCUT2D eigenvalue weighted by atomic mass is 79.9. The third kappa shape index (κ3) is 3.19. The highest BCUT2D eigenvalue weighted by Gasteiger charge is 2.17. The van der Waals surface area contributed by atoms with Crippen LogP contribution in [0.2, 0.25) is 0 Å². The quantitative estimate of drug-likeness (QED) is 0.916. The highest BCUT2D eigenvalue weighted by Crippen LogP contribution is 2.22. The molecular weight excluding hydrogens is 340 g/mol. The zero-order chi connectivity index (χ0) is 14.9. The molecule has 0 amide bonds. The third-order valence-corrected chi connectivity index (χ3v) is 5.25. The summed E-state index contributed by atoms with van der Waals surface area (Å²) in [5, 5.41) is 0. The number of benzene rings is 1. The predicted octanol–water partition coefficient (Wildman–Crippen LogP) is 3.57. The average Bonchev–Trinajstić information content (AvgIpc) is 2.33. The molecule has 0 atom stereocenters. The van der Waals surface area contributed by atoms with Gasteiger partial charge in [0.2, 0.25) is 0 Å². The van der Waals surface area contributed by atoms with Crippen LogP contribution in [-0.4, -0.2) is 13.4 Å². The van der Waals surface area contributed by atoms with Crippen molar-refractivity contribution in [2.75, 3.05) is 4.72 Å². The Hall–Kier alpha value is -1.40. The molecule has 0 saturated heterocycles. The fraction of sp³-hybridized carbons (Fsp3) is 0.214. The molecule has 1 aromatic carbocycles. The number of rotatable bonds is 3. The second-order valence-electron chi connectivity index (χ2n) is 4.69. The summed E-state index contributed by atoms with van der Waals surface area (Å²) in [6.45, 7) is 5.58. The molecule has 0 aliphatic heterocycles. The van der Waals surface area contributed by atoms with Crippen LogP contribution >= 0.6 is 15.9 Å². The molecule has 0 aliphatic rings. The van der Waals surface area contributed by atoms with Gasteiger partial charge < -0.3 is 0 Å². The smallest absolute Gasteiger partial charge is 0.263 e. The van der Waals surface area contributed by atoms with Crippen LogP contribution < -0.4 is 4.72 Å². The monoisotopic (exact) mass is 354 g/mol. The van der Waals surface area contributed by atoms with Gasteiger partial charge in [0.05, 0.1) is 4.90 Å². The minimum absolute atomic E-state index is 0.269. The van der Waals surface area contributed by atoms with Crippen LogP contribution in [0.4, 0.5) is 5.82 Å². The number of sulfonamides is 1. The fourth-order valence-corrected chi connectivity index (χ4v) is 3.33. The van der Waals surface area contributed by atoms with Crippen molar-refractivity contribution in [1.29, 1.82) is 0 Å². The molecule has 0 aliphatic carbocycles. The van der Waals surface area contributed by atoms with Crippen molar-refractivity contribution in [2.24, 2.45) is 0 Å². The summed E-state index contributed by atoms with van der Waals surface area (Å²) in [5.74, 6) is 0.311. The lowest BCUT2D eigenvalue weighted by Crippen LogP contribution is -2.15. The SMILES string of the molecule is Cc1ccc(S(=O)(=O)Nc2cc(C)c(Br)cn2)c(C)c1. The summed E-state index contributed by atoms with van der Waals surface area (Å²) in [7, 11) is -3.62. The van der Waals surface area contributed by atoms with Gasteiger partial charge in [0.15, 0.2) is 0 Å². The van der Waals surface area contributed by atoms with Gasteiger partial charge in [-0.1, -0.05) is 17.7 Å². The summed E-state index contributed by atoms with van der Waals surface area (Å²) in [5.41, 5.74) is 2.66. The second kappa shape index (κ2) is 5.54. The minimum atomic E-state index is -3.62. The molecule has 1 N–H and O–H groups in total. The van der Waals surface area contributed by atoms with Crippen molar-refractivity contribution < 1.29 is 8.42 Å². The fourth-order valence-electron chi connectivity index (χ4n) is 1.89. The van der Waals surface area contributed by atoms with Crippen molar-refractivity contribution in [3.05, 3.63) is 51.6 Å². The van der Waals surface area contributed by atoms with E-state index in [9.17, 15) is 8.42 Å². The maximum absolute atomic E-state index is 12.4. The van der Waals surface area contributed by atoms with Crippen molar-refractivity contribution in [3.8, 4) is 0 Å². The Morgan fingerprint density at radius 1 is 1.10 bits per heavy atom. The van der Waals surface area contributed by atoms with E-state index in [0.717, 1.165) is 15.6 Å². The molecule has 0 fully saturated rings. The van der Waals surface area contributed by atoms with E-state index in [2.05, 4.69) is 25.6 Å². The van der Waals surface area contributed by atoms with Gasteiger partial charge >= 0.3 is 0 Å². The molecule has 4 nitrogen and oxygen atoms in total. The van der Waals surface area contributed by atoms with E-state index in [-0.39, 0.29) is 4.90 Å². The van der Waals surface area contributed by atoms with Gasteiger partial charge in [0, 0.05) is 10.7 Å². The van der Waals surface area contributed by atoms with Crippen molar-refractivity contribution in [2.45, 2.75) is 25.7 Å². The third-order valence-electron chi connectivity index (χ3n) is 2.91. The van der Waals surface area contributed by atoms with Gasteiger partial charge in [-0.25, -0.2) is 13.4 Å². The standard InChI is InChI=1S/C14H15BrN2O2S/c1-9-4-5-13(11(3)6-9)20(18,19)17-14-7-10(2)12(15)8-16-14/h4-8H,1-3H3,(H,16,17). The average molecular weight is 355 g/mol. The number of hydrogen-bond acceptors (Lipinski definition) is 3. The van der Waals surface area contributed by atoms with E-state index in [1.165, 1.54) is 0 Å². The number of halogens is 1. The first-order valence-corrected chi connectivity index (χ1v) is 8.29. The van der Waals surface area contributed by atoms with E-state index in [4.69, 9.17) is 0 Å². The molecule has 0 spiro atoms. The van der Waals surface area contributed by atoms with Crippen LogP contribution in [0.15, 0.2) is 39.8 Å². The largest absolute Gasteiger partial charge is 0.263 e. The van der Waals surface area contributed by atoms with E-state index in [1.54, 1.807) is 31.3 Å². The van der Waals surface area contributed by atoms with Gasteiger partial charge in [-0.2, -0.15) is 0 Å². The molecule has 2 rings (SSSR count). The molecule has 1 heterocycles. The molecular formula is C14H15BrN2O2S. The van der Waals surface area contributed by atoms with Gasteiger partial charge in [0.1, 0.15) is 5.82 Å². The summed E-state index contributed by atoms with van der Waals surface area (Å²) >= 11 is 3.33. The number of pyridine rings is 1. The van der Waals surface area contributed by atoms with Crippen LogP contribution in [0.3, 0.4) is 0 Å². The summed E-state index contributed by atoms with van der Waals surface area (Å²) in [6, 6.07) is 6.92. The Bertz CT molecular complexity index is 758. The number of nitrogens with zero attached hydrogens (tertiary/aromatic N) is 1. The topological polar surface area (TPSA) is 59.1 Å². The highest BCUT2D eigenvalue weighted by molar-refractivity contribution is 9.10. The molecule has 0 radical (unpaired) electrons. The lowest BCUT2D eigenvalue weighted by Gasteiger charge is -2.11. The number of hydrogen-bond donors (Lipinski definition) is 1. The van der Waals surface area contributed by atoms with E-state index >= 15 is 0 Å². The zero-order valence-corrected chi connectivity index (χ0v) is 13.8. The lowest BCUT2D eigenvalue weighted by atomic mass is 10.2. The van der Waals surface area contributed by atoms with Crippen molar-refractivity contribution in [1.82, 2.24) is 4.98 Å². The normalized spacial score (nSPS) is 11.4. The number of anilines is 1. The number of nitrogens with one attached hydrogen (secondary N) is 1. The second-order valence-corrected chi connectivity index (χ2v) is 7.20. The van der Waals surface area contributed by atoms with Crippen LogP contribution in [0.1, 0.15) is 16.7 Å². The number of aromatic nitrogens is 1. The Kier molecular flexibility index (Phi) is 4.15. The minimum Gasteiger partial charge on any atom is -0.263 e. The van der Waals surface area contributed by atoms with Gasteiger partial charge in [-0.15, -0.1) is 0 Å². The molecule has 20 heavy (non-hydrogen) atoms.